The number of nitrogens with zero attached hydrogens (tertiary/aromatic N) is 3. The van der Waals surface area contributed by atoms with E-state index in [0.29, 0.717) is 24.6 Å². The molecule has 1 aliphatic heterocycles. The summed E-state index contributed by atoms with van der Waals surface area (Å²) in [6, 6.07) is 7.13. The van der Waals surface area contributed by atoms with Crippen LogP contribution in [0.25, 0.3) is 0 Å². The molecule has 1 aromatic carbocycles. The molecule has 1 atom stereocenters. The van der Waals surface area contributed by atoms with Crippen molar-refractivity contribution < 1.29 is 13.2 Å². The summed E-state index contributed by atoms with van der Waals surface area (Å²) < 4.78 is 34.6. The van der Waals surface area contributed by atoms with Gasteiger partial charge in [-0.15, -0.1) is 0 Å². The second-order valence-corrected chi connectivity index (χ2v) is 8.10. The van der Waals surface area contributed by atoms with Gasteiger partial charge in [0.15, 0.2) is 0 Å². The molecule has 0 aliphatic carbocycles. The van der Waals surface area contributed by atoms with Gasteiger partial charge in [-0.3, -0.25) is 4.68 Å². The van der Waals surface area contributed by atoms with E-state index in [9.17, 15) is 8.42 Å². The highest BCUT2D eigenvalue weighted by Gasteiger charge is 2.35. The third-order valence-corrected chi connectivity index (χ3v) is 6.26. The van der Waals surface area contributed by atoms with Crippen LogP contribution in [0.1, 0.15) is 29.7 Å². The van der Waals surface area contributed by atoms with Gasteiger partial charge in [-0.25, -0.2) is 8.42 Å². The van der Waals surface area contributed by atoms with Crippen LogP contribution < -0.4 is 0 Å². The van der Waals surface area contributed by atoms with E-state index in [1.807, 2.05) is 32.3 Å². The molecule has 0 radical (unpaired) electrons. The second-order valence-electron chi connectivity index (χ2n) is 6.16. The van der Waals surface area contributed by atoms with Gasteiger partial charge in [-0.2, -0.15) is 9.40 Å². The lowest BCUT2D eigenvalue weighted by Crippen LogP contribution is -2.39. The molecule has 130 valence electrons. The molecule has 2 aromatic rings. The van der Waals surface area contributed by atoms with E-state index in [1.54, 1.807) is 23.9 Å². The maximum atomic E-state index is 13.0. The molecule has 0 spiro atoms. The number of rotatable bonds is 5. The van der Waals surface area contributed by atoms with Gasteiger partial charge in [0.25, 0.3) is 0 Å². The Kier molecular flexibility index (Phi) is 4.76. The molecule has 24 heavy (non-hydrogen) atoms. The first kappa shape index (κ1) is 17.1. The van der Waals surface area contributed by atoms with Crippen molar-refractivity contribution in [3.63, 3.8) is 0 Å². The number of hydrogen-bond acceptors (Lipinski definition) is 4. The SMILES string of the molecule is CCc1ccc(S(=O)(=O)N2Cc3cn(C)nc3C(COC)C2)cc1. The molecule has 2 heterocycles. The number of methoxy groups -OCH3 is 1. The standard InChI is InChI=1S/C17H23N3O3S/c1-4-13-5-7-16(8-6-13)24(21,22)20-10-14-9-19(2)18-17(14)15(11-20)12-23-3/h5-9,15H,4,10-12H2,1-3H3. The Labute approximate surface area is 143 Å². The van der Waals surface area contributed by atoms with Crippen LogP contribution in [0.15, 0.2) is 35.4 Å². The number of sulfonamides is 1. The van der Waals surface area contributed by atoms with Crippen molar-refractivity contribution >= 4 is 10.0 Å². The second kappa shape index (κ2) is 6.66. The fraction of sp³-hybridized carbons (Fsp3) is 0.471. The van der Waals surface area contributed by atoms with Crippen molar-refractivity contribution in [2.75, 3.05) is 20.3 Å². The summed E-state index contributed by atoms with van der Waals surface area (Å²) in [5.74, 6) is -0.0513. The van der Waals surface area contributed by atoms with Crippen LogP contribution in [-0.4, -0.2) is 42.8 Å². The molecule has 1 unspecified atom stereocenters. The predicted molar refractivity (Wildman–Crippen MR) is 91.2 cm³/mol. The summed E-state index contributed by atoms with van der Waals surface area (Å²) in [5.41, 5.74) is 3.01. The largest absolute Gasteiger partial charge is 0.384 e. The molecule has 0 fully saturated rings. The minimum absolute atomic E-state index is 0.0513. The summed E-state index contributed by atoms with van der Waals surface area (Å²) in [6.07, 6.45) is 2.78. The quantitative estimate of drug-likeness (QED) is 0.827. The molecule has 1 aromatic heterocycles. The van der Waals surface area contributed by atoms with Crippen molar-refractivity contribution in [3.8, 4) is 0 Å². The smallest absolute Gasteiger partial charge is 0.243 e. The van der Waals surface area contributed by atoms with Crippen molar-refractivity contribution in [1.82, 2.24) is 14.1 Å². The molecule has 0 saturated carbocycles. The van der Waals surface area contributed by atoms with Crippen LogP contribution >= 0.6 is 0 Å². The van der Waals surface area contributed by atoms with Crippen LogP contribution in [0.4, 0.5) is 0 Å². The van der Waals surface area contributed by atoms with E-state index < -0.39 is 10.0 Å². The van der Waals surface area contributed by atoms with Crippen LogP contribution in [0.3, 0.4) is 0 Å². The Bertz CT molecular complexity index is 812. The molecule has 3 rings (SSSR count). The number of fused-ring (bicyclic) bond motifs is 1. The van der Waals surface area contributed by atoms with Crippen LogP contribution in [0.2, 0.25) is 0 Å². The third kappa shape index (κ3) is 3.11. The maximum absolute atomic E-state index is 13.0. The topological polar surface area (TPSA) is 64.4 Å². The zero-order valence-electron chi connectivity index (χ0n) is 14.3. The number of aryl methyl sites for hydroxylation is 2. The monoisotopic (exact) mass is 349 g/mol. The zero-order chi connectivity index (χ0) is 17.3. The first-order valence-electron chi connectivity index (χ1n) is 8.06. The van der Waals surface area contributed by atoms with E-state index in [0.717, 1.165) is 23.2 Å². The van der Waals surface area contributed by atoms with E-state index in [4.69, 9.17) is 4.74 Å². The van der Waals surface area contributed by atoms with Gasteiger partial charge in [0, 0.05) is 44.9 Å². The van der Waals surface area contributed by atoms with Crippen molar-refractivity contribution in [1.29, 1.82) is 0 Å². The molecule has 1 aliphatic rings. The van der Waals surface area contributed by atoms with Gasteiger partial charge >= 0.3 is 0 Å². The van der Waals surface area contributed by atoms with Gasteiger partial charge in [-0.05, 0) is 24.1 Å². The highest BCUT2D eigenvalue weighted by molar-refractivity contribution is 7.89. The lowest BCUT2D eigenvalue weighted by Gasteiger charge is -2.30. The van der Waals surface area contributed by atoms with Gasteiger partial charge in [-0.1, -0.05) is 19.1 Å². The fourth-order valence-electron chi connectivity index (χ4n) is 3.17. The van der Waals surface area contributed by atoms with Gasteiger partial charge in [0.1, 0.15) is 0 Å². The summed E-state index contributed by atoms with van der Waals surface area (Å²) >= 11 is 0. The Balaban J connectivity index is 1.93. The Hall–Kier alpha value is -1.70. The molecule has 0 saturated heterocycles. The minimum atomic E-state index is -3.53. The van der Waals surface area contributed by atoms with Crippen molar-refractivity contribution in [2.24, 2.45) is 7.05 Å². The van der Waals surface area contributed by atoms with E-state index in [1.165, 1.54) is 4.31 Å². The highest BCUT2D eigenvalue weighted by Crippen LogP contribution is 2.31. The van der Waals surface area contributed by atoms with Crippen LogP contribution in [0.5, 0.6) is 0 Å². The maximum Gasteiger partial charge on any atom is 0.243 e. The lowest BCUT2D eigenvalue weighted by atomic mass is 9.99. The first-order valence-corrected chi connectivity index (χ1v) is 9.50. The van der Waals surface area contributed by atoms with E-state index in [2.05, 4.69) is 5.10 Å². The van der Waals surface area contributed by atoms with Gasteiger partial charge < -0.3 is 4.74 Å². The number of hydrogen-bond donors (Lipinski definition) is 0. The number of benzene rings is 1. The summed E-state index contributed by atoms with van der Waals surface area (Å²) in [6.45, 7) is 3.23. The summed E-state index contributed by atoms with van der Waals surface area (Å²) in [5, 5.41) is 4.48. The van der Waals surface area contributed by atoms with Crippen molar-refractivity contribution in [3.05, 3.63) is 47.3 Å². The van der Waals surface area contributed by atoms with Crippen LogP contribution in [-0.2, 0) is 34.8 Å². The Morgan fingerprint density at radius 1 is 1.29 bits per heavy atom. The summed E-state index contributed by atoms with van der Waals surface area (Å²) in [4.78, 5) is 0.336. The average Bonchev–Trinajstić information content (AvgIpc) is 2.95. The molecule has 0 N–H and O–H groups in total. The Morgan fingerprint density at radius 3 is 2.62 bits per heavy atom. The molecular weight excluding hydrogens is 326 g/mol. The normalized spacial score (nSPS) is 18.5. The highest BCUT2D eigenvalue weighted by atomic mass is 32.2. The fourth-order valence-corrected chi connectivity index (χ4v) is 4.63. The van der Waals surface area contributed by atoms with E-state index in [-0.39, 0.29) is 5.92 Å². The Morgan fingerprint density at radius 2 is 2.00 bits per heavy atom. The summed E-state index contributed by atoms with van der Waals surface area (Å²) in [7, 11) is -0.0547. The number of ether oxygens (including phenoxy) is 1. The molecule has 0 bridgehead atoms. The molecular formula is C17H23N3O3S. The minimum Gasteiger partial charge on any atom is -0.384 e. The molecule has 7 heteroatoms. The van der Waals surface area contributed by atoms with Gasteiger partial charge in [0.05, 0.1) is 17.2 Å². The van der Waals surface area contributed by atoms with Gasteiger partial charge in [0.2, 0.25) is 10.0 Å². The molecule has 6 nitrogen and oxygen atoms in total. The van der Waals surface area contributed by atoms with Crippen LogP contribution in [0, 0.1) is 0 Å². The lowest BCUT2D eigenvalue weighted by molar-refractivity contribution is 0.161. The first-order chi connectivity index (χ1) is 11.5. The predicted octanol–water partition coefficient (Wildman–Crippen LogP) is 1.92. The third-order valence-electron chi connectivity index (χ3n) is 4.43. The zero-order valence-corrected chi connectivity index (χ0v) is 15.1. The van der Waals surface area contributed by atoms with E-state index >= 15 is 0 Å². The van der Waals surface area contributed by atoms with Crippen molar-refractivity contribution in [2.45, 2.75) is 30.7 Å². The number of aromatic nitrogens is 2. The average molecular weight is 349 g/mol. The molecule has 0 amide bonds.